The summed E-state index contributed by atoms with van der Waals surface area (Å²) in [7, 11) is 0. The Morgan fingerprint density at radius 1 is 1.07 bits per heavy atom. The van der Waals surface area contributed by atoms with Crippen molar-refractivity contribution in [2.75, 3.05) is 0 Å². The van der Waals surface area contributed by atoms with Crippen LogP contribution in [0.5, 0.6) is 0 Å². The van der Waals surface area contributed by atoms with Crippen LogP contribution in [0.25, 0.3) is 0 Å². The first-order chi connectivity index (χ1) is 7.33. The molecule has 3 saturated carbocycles. The molecule has 0 radical (unpaired) electrons. The zero-order valence-electron chi connectivity index (χ0n) is 9.63. The van der Waals surface area contributed by atoms with E-state index in [1.54, 1.807) is 25.7 Å². The standard InChI is InChI=1S/C14H23Cl/c15-14(11-6-7-11)3-1-2-12-8-10-4-5-13(12)9-10/h10-14H,1-9H2. The number of rotatable bonds is 5. The van der Waals surface area contributed by atoms with E-state index in [0.29, 0.717) is 5.38 Å². The van der Waals surface area contributed by atoms with E-state index in [9.17, 15) is 0 Å². The van der Waals surface area contributed by atoms with Gasteiger partial charge in [-0.3, -0.25) is 0 Å². The maximum Gasteiger partial charge on any atom is 0.0364 e. The first-order valence-electron chi connectivity index (χ1n) is 6.97. The van der Waals surface area contributed by atoms with Gasteiger partial charge in [0.1, 0.15) is 0 Å². The Labute approximate surface area is 98.8 Å². The molecule has 4 unspecified atom stereocenters. The Morgan fingerprint density at radius 3 is 2.53 bits per heavy atom. The van der Waals surface area contributed by atoms with Crippen molar-refractivity contribution in [2.24, 2.45) is 23.7 Å². The number of halogens is 1. The van der Waals surface area contributed by atoms with Crippen LogP contribution in [0, 0.1) is 23.7 Å². The highest BCUT2D eigenvalue weighted by Crippen LogP contribution is 2.50. The van der Waals surface area contributed by atoms with Gasteiger partial charge in [0.25, 0.3) is 0 Å². The van der Waals surface area contributed by atoms with Crippen LogP contribution in [0.4, 0.5) is 0 Å². The molecule has 0 heterocycles. The molecular weight excluding hydrogens is 204 g/mol. The van der Waals surface area contributed by atoms with Crippen molar-refractivity contribution in [1.82, 2.24) is 0 Å². The molecule has 0 aliphatic heterocycles. The monoisotopic (exact) mass is 226 g/mol. The topological polar surface area (TPSA) is 0 Å². The third-order valence-corrected chi connectivity index (χ3v) is 5.65. The molecule has 2 bridgehead atoms. The SMILES string of the molecule is ClC(CCCC1CC2CCC1C2)C1CC1. The van der Waals surface area contributed by atoms with Crippen LogP contribution in [0.1, 0.15) is 57.8 Å². The van der Waals surface area contributed by atoms with Crippen LogP contribution < -0.4 is 0 Å². The van der Waals surface area contributed by atoms with E-state index in [0.717, 1.165) is 23.7 Å². The highest BCUT2D eigenvalue weighted by molar-refractivity contribution is 6.20. The molecule has 3 aliphatic rings. The van der Waals surface area contributed by atoms with Crippen LogP contribution in [0.2, 0.25) is 0 Å². The molecule has 3 fully saturated rings. The minimum Gasteiger partial charge on any atom is -0.123 e. The van der Waals surface area contributed by atoms with Crippen molar-refractivity contribution in [3.8, 4) is 0 Å². The Morgan fingerprint density at radius 2 is 1.93 bits per heavy atom. The predicted octanol–water partition coefficient (Wildman–Crippen LogP) is 4.61. The van der Waals surface area contributed by atoms with Gasteiger partial charge in [0.15, 0.2) is 0 Å². The second-order valence-corrected chi connectivity index (χ2v) is 6.78. The molecule has 0 nitrogen and oxygen atoms in total. The average molecular weight is 227 g/mol. The van der Waals surface area contributed by atoms with Gasteiger partial charge in [0.05, 0.1) is 0 Å². The normalized spacial score (nSPS) is 41.0. The summed E-state index contributed by atoms with van der Waals surface area (Å²) >= 11 is 6.34. The number of alkyl halides is 1. The summed E-state index contributed by atoms with van der Waals surface area (Å²) in [5.74, 6) is 4.22. The molecule has 86 valence electrons. The predicted molar refractivity (Wildman–Crippen MR) is 65.2 cm³/mol. The average Bonchev–Trinajstić information content (AvgIpc) is 2.90. The van der Waals surface area contributed by atoms with Crippen LogP contribution >= 0.6 is 11.6 Å². The molecule has 1 heteroatoms. The molecule has 4 atom stereocenters. The zero-order chi connectivity index (χ0) is 10.3. The molecule has 15 heavy (non-hydrogen) atoms. The van der Waals surface area contributed by atoms with Crippen LogP contribution in [-0.2, 0) is 0 Å². The molecule has 3 aliphatic carbocycles. The Hall–Kier alpha value is 0.290. The second-order valence-electron chi connectivity index (χ2n) is 6.22. The zero-order valence-corrected chi connectivity index (χ0v) is 10.4. The van der Waals surface area contributed by atoms with E-state index in [4.69, 9.17) is 11.6 Å². The van der Waals surface area contributed by atoms with Gasteiger partial charge in [-0.15, -0.1) is 11.6 Å². The Balaban J connectivity index is 1.35. The minimum absolute atomic E-state index is 0.517. The van der Waals surface area contributed by atoms with E-state index in [2.05, 4.69) is 0 Å². The molecule has 0 aromatic heterocycles. The molecule has 0 saturated heterocycles. The molecule has 0 aromatic rings. The van der Waals surface area contributed by atoms with Crippen molar-refractivity contribution in [1.29, 1.82) is 0 Å². The molecule has 0 amide bonds. The van der Waals surface area contributed by atoms with Gasteiger partial charge in [-0.05, 0) is 62.2 Å². The molecule has 3 rings (SSSR count). The highest BCUT2D eigenvalue weighted by Gasteiger charge is 2.39. The first-order valence-corrected chi connectivity index (χ1v) is 7.40. The fraction of sp³-hybridized carbons (Fsp3) is 1.00. The van der Waals surface area contributed by atoms with Crippen molar-refractivity contribution in [3.63, 3.8) is 0 Å². The Kier molecular flexibility index (Phi) is 2.98. The molecule has 0 spiro atoms. The first kappa shape index (κ1) is 10.4. The lowest BCUT2D eigenvalue weighted by atomic mass is 9.85. The van der Waals surface area contributed by atoms with Gasteiger partial charge in [0, 0.05) is 5.38 Å². The fourth-order valence-corrected chi connectivity index (χ4v) is 4.40. The highest BCUT2D eigenvalue weighted by atomic mass is 35.5. The smallest absolute Gasteiger partial charge is 0.0364 e. The summed E-state index contributed by atoms with van der Waals surface area (Å²) < 4.78 is 0. The summed E-state index contributed by atoms with van der Waals surface area (Å²) in [5.41, 5.74) is 0. The lowest BCUT2D eigenvalue weighted by molar-refractivity contribution is 0.304. The van der Waals surface area contributed by atoms with Gasteiger partial charge in [0.2, 0.25) is 0 Å². The fourth-order valence-electron chi connectivity index (χ4n) is 4.00. The van der Waals surface area contributed by atoms with Crippen LogP contribution in [-0.4, -0.2) is 5.38 Å². The van der Waals surface area contributed by atoms with Crippen molar-refractivity contribution >= 4 is 11.6 Å². The van der Waals surface area contributed by atoms with Crippen molar-refractivity contribution < 1.29 is 0 Å². The number of hydrogen-bond acceptors (Lipinski definition) is 0. The largest absolute Gasteiger partial charge is 0.123 e. The summed E-state index contributed by atoms with van der Waals surface area (Å²) in [5, 5.41) is 0.517. The summed E-state index contributed by atoms with van der Waals surface area (Å²) in [6, 6.07) is 0. The quantitative estimate of drug-likeness (QED) is 0.601. The maximum absolute atomic E-state index is 6.34. The van der Waals surface area contributed by atoms with Gasteiger partial charge in [-0.2, -0.15) is 0 Å². The number of hydrogen-bond donors (Lipinski definition) is 0. The molecular formula is C14H23Cl. The van der Waals surface area contributed by atoms with E-state index in [-0.39, 0.29) is 0 Å². The summed E-state index contributed by atoms with van der Waals surface area (Å²) in [6.07, 6.45) is 13.2. The third kappa shape index (κ3) is 2.35. The number of fused-ring (bicyclic) bond motifs is 2. The second kappa shape index (κ2) is 4.28. The minimum atomic E-state index is 0.517. The lowest BCUT2D eigenvalue weighted by Crippen LogP contribution is -2.11. The molecule has 0 aromatic carbocycles. The van der Waals surface area contributed by atoms with Crippen LogP contribution in [0.3, 0.4) is 0 Å². The summed E-state index contributed by atoms with van der Waals surface area (Å²) in [4.78, 5) is 0. The summed E-state index contributed by atoms with van der Waals surface area (Å²) in [6.45, 7) is 0. The lowest BCUT2D eigenvalue weighted by Gasteiger charge is -2.21. The van der Waals surface area contributed by atoms with Gasteiger partial charge >= 0.3 is 0 Å². The van der Waals surface area contributed by atoms with E-state index >= 15 is 0 Å². The third-order valence-electron chi connectivity index (χ3n) is 5.07. The van der Waals surface area contributed by atoms with Crippen molar-refractivity contribution in [3.05, 3.63) is 0 Å². The Bertz CT molecular complexity index is 221. The van der Waals surface area contributed by atoms with Gasteiger partial charge in [-0.25, -0.2) is 0 Å². The van der Waals surface area contributed by atoms with Gasteiger partial charge in [-0.1, -0.05) is 19.3 Å². The van der Waals surface area contributed by atoms with Crippen LogP contribution in [0.15, 0.2) is 0 Å². The van der Waals surface area contributed by atoms with Gasteiger partial charge < -0.3 is 0 Å². The van der Waals surface area contributed by atoms with E-state index in [1.165, 1.54) is 32.1 Å². The maximum atomic E-state index is 6.34. The van der Waals surface area contributed by atoms with Crippen molar-refractivity contribution in [2.45, 2.75) is 63.2 Å². The van der Waals surface area contributed by atoms with E-state index in [1.807, 2.05) is 0 Å². The van der Waals surface area contributed by atoms with E-state index < -0.39 is 0 Å². The molecule has 0 N–H and O–H groups in total.